The van der Waals surface area contributed by atoms with E-state index < -0.39 is 0 Å². The van der Waals surface area contributed by atoms with Crippen molar-refractivity contribution in [2.75, 3.05) is 13.2 Å². The second kappa shape index (κ2) is 15.8. The molecule has 2 heterocycles. The monoisotopic (exact) mass is 824 g/mol. The molecule has 2 atom stereocenters. The van der Waals surface area contributed by atoms with E-state index in [9.17, 15) is 10.2 Å². The summed E-state index contributed by atoms with van der Waals surface area (Å²) < 4.78 is 17.8. The van der Waals surface area contributed by atoms with Gasteiger partial charge in [-0.25, -0.2) is 0 Å². The molecule has 1 aliphatic rings. The van der Waals surface area contributed by atoms with Crippen molar-refractivity contribution in [2.45, 2.75) is 33.1 Å². The molecule has 10 aromatic rings. The van der Waals surface area contributed by atoms with Gasteiger partial charge >= 0.3 is 0 Å². The Labute approximate surface area is 366 Å². The predicted octanol–water partition coefficient (Wildman–Crippen LogP) is 14.1. The van der Waals surface area contributed by atoms with Gasteiger partial charge in [-0.2, -0.15) is 0 Å². The second-order valence-corrected chi connectivity index (χ2v) is 17.2. The van der Waals surface area contributed by atoms with E-state index in [0.29, 0.717) is 25.0 Å². The van der Waals surface area contributed by atoms with E-state index in [1.54, 1.807) is 0 Å². The lowest BCUT2D eigenvalue weighted by Gasteiger charge is -2.23. The van der Waals surface area contributed by atoms with Crippen molar-refractivity contribution in [2.24, 2.45) is 11.8 Å². The van der Waals surface area contributed by atoms with Gasteiger partial charge in [0.2, 0.25) is 0 Å². The zero-order chi connectivity index (χ0) is 42.6. The zero-order valence-corrected chi connectivity index (χ0v) is 35.5. The number of hydrogen-bond acceptors (Lipinski definition) is 4. The number of phenols is 2. The highest BCUT2D eigenvalue weighted by Gasteiger charge is 2.30. The number of fused-ring (bicyclic) bond motifs is 6. The molecule has 0 bridgehead atoms. The first-order chi connectivity index (χ1) is 30.9. The molecule has 1 aliphatic carbocycles. The Morgan fingerprint density at radius 3 is 1.14 bits per heavy atom. The quantitative estimate of drug-likeness (QED) is 0.144. The van der Waals surface area contributed by atoms with Gasteiger partial charge in [-0.3, -0.25) is 0 Å². The number of phenolic OH excluding ortho intramolecular Hbond substituents is 2. The smallest absolute Gasteiger partial charge is 0.147 e. The lowest BCUT2D eigenvalue weighted by atomic mass is 9.97. The lowest BCUT2D eigenvalue weighted by molar-refractivity contribution is 0.164. The summed E-state index contributed by atoms with van der Waals surface area (Å²) in [6.45, 7) is 5.24. The van der Waals surface area contributed by atoms with E-state index >= 15 is 0 Å². The van der Waals surface area contributed by atoms with Crippen molar-refractivity contribution >= 4 is 43.6 Å². The average Bonchev–Trinajstić information content (AvgIpc) is 4.01. The van der Waals surface area contributed by atoms with Crippen LogP contribution in [0.2, 0.25) is 0 Å². The Bertz CT molecular complexity index is 3030. The summed E-state index contributed by atoms with van der Waals surface area (Å²) in [4.78, 5) is 0. The van der Waals surface area contributed by atoms with Crippen molar-refractivity contribution in [3.05, 3.63) is 181 Å². The van der Waals surface area contributed by atoms with Crippen LogP contribution in [0.4, 0.5) is 0 Å². The van der Waals surface area contributed by atoms with Crippen LogP contribution in [0.1, 0.15) is 30.4 Å². The fourth-order valence-electron chi connectivity index (χ4n) is 10.2. The van der Waals surface area contributed by atoms with Gasteiger partial charge in [-0.05, 0) is 110 Å². The maximum atomic E-state index is 12.2. The van der Waals surface area contributed by atoms with Crippen LogP contribution in [0, 0.1) is 25.7 Å². The molecule has 2 N–H and O–H groups in total. The topological polar surface area (TPSA) is 68.8 Å². The zero-order valence-electron chi connectivity index (χ0n) is 35.5. The highest BCUT2D eigenvalue weighted by atomic mass is 16.5. The molecule has 1 unspecified atom stereocenters. The minimum Gasteiger partial charge on any atom is -0.505 e. The summed E-state index contributed by atoms with van der Waals surface area (Å²) in [6.07, 6.45) is 3.20. The number of benzene rings is 8. The van der Waals surface area contributed by atoms with Gasteiger partial charge in [0.15, 0.2) is 0 Å². The van der Waals surface area contributed by atoms with Crippen molar-refractivity contribution < 1.29 is 19.7 Å². The van der Waals surface area contributed by atoms with E-state index in [1.165, 1.54) is 0 Å². The van der Waals surface area contributed by atoms with Crippen LogP contribution in [0.15, 0.2) is 170 Å². The summed E-state index contributed by atoms with van der Waals surface area (Å²) >= 11 is 0. The maximum absolute atomic E-state index is 12.2. The summed E-state index contributed by atoms with van der Waals surface area (Å²) in [7, 11) is 0. The molecule has 6 nitrogen and oxygen atoms in total. The number of ether oxygens (including phenoxy) is 2. The van der Waals surface area contributed by atoms with E-state index in [4.69, 9.17) is 9.47 Å². The number of hydrogen-bond donors (Lipinski definition) is 2. The lowest BCUT2D eigenvalue weighted by Crippen LogP contribution is -2.22. The normalized spacial score (nSPS) is 15.2. The predicted molar refractivity (Wildman–Crippen MR) is 257 cm³/mol. The molecule has 1 saturated carbocycles. The van der Waals surface area contributed by atoms with Gasteiger partial charge in [-0.1, -0.05) is 116 Å². The largest absolute Gasteiger partial charge is 0.505 e. The minimum atomic E-state index is 0.218. The van der Waals surface area contributed by atoms with Gasteiger partial charge in [0.25, 0.3) is 0 Å². The van der Waals surface area contributed by atoms with E-state index in [1.807, 2.05) is 72.8 Å². The number of aromatic nitrogens is 2. The first-order valence-corrected chi connectivity index (χ1v) is 22.0. The van der Waals surface area contributed by atoms with Crippen molar-refractivity contribution in [1.29, 1.82) is 0 Å². The van der Waals surface area contributed by atoms with Crippen LogP contribution in [0.3, 0.4) is 0 Å². The Morgan fingerprint density at radius 1 is 0.429 bits per heavy atom. The van der Waals surface area contributed by atoms with Crippen LogP contribution in [0.25, 0.3) is 77.2 Å². The fraction of sp³-hybridized carbons (Fsp3) is 0.158. The number of nitrogens with zero attached hydrogens (tertiary/aromatic N) is 2. The third-order valence-electron chi connectivity index (χ3n) is 13.2. The molecular formula is C57H48N2O4. The molecule has 0 aliphatic heterocycles. The Balaban J connectivity index is 0.859. The SMILES string of the molecule is Cc1cc(-c2ccccc2OCC2CCC[C@H]2COc2ccccc2-c2cc(C)cc(-n3c4ccccc4c4ccccc43)c2O)c(O)c(-n2c3ccccc3c3ccccc32)c1. The van der Waals surface area contributed by atoms with Crippen LogP contribution in [-0.4, -0.2) is 32.6 Å². The van der Waals surface area contributed by atoms with E-state index in [0.717, 1.165) is 119 Å². The highest BCUT2D eigenvalue weighted by Crippen LogP contribution is 2.46. The third-order valence-corrected chi connectivity index (χ3v) is 13.2. The molecule has 1 fully saturated rings. The molecule has 310 valence electrons. The van der Waals surface area contributed by atoms with Gasteiger partial charge in [0, 0.05) is 43.8 Å². The first kappa shape index (κ1) is 38.5. The van der Waals surface area contributed by atoms with E-state index in [-0.39, 0.29) is 11.5 Å². The standard InChI is InChI=1S/C57H48N2O4/c1-36-30-46(56(60)52(32-36)58-48-24-9-3-18-40(48)41-19-4-10-25-49(41)58)44-22-7-13-28-54(44)62-34-38-16-15-17-39(38)35-63-55-29-14-8-23-45(55)47-31-37(2)33-53(57(47)61)59-50-26-11-5-20-42(50)43-21-6-12-27-51(43)59/h3-14,18-33,38-39,60-61H,15-17,34-35H2,1-2H3/t38-,39?/m0/s1. The van der Waals surface area contributed by atoms with Crippen molar-refractivity contribution in [3.63, 3.8) is 0 Å². The number of para-hydroxylation sites is 6. The molecule has 6 heteroatoms. The van der Waals surface area contributed by atoms with Crippen LogP contribution in [0.5, 0.6) is 23.0 Å². The van der Waals surface area contributed by atoms with Crippen molar-refractivity contribution in [1.82, 2.24) is 9.13 Å². The maximum Gasteiger partial charge on any atom is 0.147 e. The van der Waals surface area contributed by atoms with Gasteiger partial charge in [0.05, 0.1) is 46.7 Å². The molecular weight excluding hydrogens is 777 g/mol. The van der Waals surface area contributed by atoms with Crippen LogP contribution >= 0.6 is 0 Å². The highest BCUT2D eigenvalue weighted by molar-refractivity contribution is 6.10. The molecule has 0 radical (unpaired) electrons. The Morgan fingerprint density at radius 2 is 0.762 bits per heavy atom. The number of aryl methyl sites for hydroxylation is 2. The molecule has 11 rings (SSSR count). The molecule has 0 amide bonds. The minimum absolute atomic E-state index is 0.218. The molecule has 0 saturated heterocycles. The number of aromatic hydroxyl groups is 2. The average molecular weight is 825 g/mol. The van der Waals surface area contributed by atoms with Gasteiger partial charge in [-0.15, -0.1) is 0 Å². The Hall–Kier alpha value is -7.44. The third kappa shape index (κ3) is 6.65. The molecule has 8 aromatic carbocycles. The number of rotatable bonds is 10. The summed E-state index contributed by atoms with van der Waals surface area (Å²) in [6, 6.07) is 57.8. The van der Waals surface area contributed by atoms with E-state index in [2.05, 4.69) is 120 Å². The van der Waals surface area contributed by atoms with Gasteiger partial charge in [0.1, 0.15) is 23.0 Å². The summed E-state index contributed by atoms with van der Waals surface area (Å²) in [5, 5.41) is 28.9. The first-order valence-electron chi connectivity index (χ1n) is 22.0. The van der Waals surface area contributed by atoms with Crippen LogP contribution < -0.4 is 9.47 Å². The molecule has 0 spiro atoms. The molecule has 2 aromatic heterocycles. The fourth-order valence-corrected chi connectivity index (χ4v) is 10.2. The Kier molecular flexibility index (Phi) is 9.64. The summed E-state index contributed by atoms with van der Waals surface area (Å²) in [5.41, 5.74) is 11.0. The van der Waals surface area contributed by atoms with Gasteiger partial charge < -0.3 is 28.8 Å². The summed E-state index contributed by atoms with van der Waals surface area (Å²) in [5.74, 6) is 2.51. The molecule has 63 heavy (non-hydrogen) atoms. The van der Waals surface area contributed by atoms with Crippen molar-refractivity contribution in [3.8, 4) is 56.6 Å². The second-order valence-electron chi connectivity index (χ2n) is 17.2. The van der Waals surface area contributed by atoms with Crippen LogP contribution in [-0.2, 0) is 0 Å².